The molecule has 0 aliphatic carbocycles. The van der Waals surface area contributed by atoms with E-state index >= 15 is 0 Å². The molecule has 2 aromatic heterocycles. The van der Waals surface area contributed by atoms with E-state index in [2.05, 4.69) is 10.2 Å². The van der Waals surface area contributed by atoms with Gasteiger partial charge in [0.2, 0.25) is 11.7 Å². The SMILES string of the molecule is COc1ccc(-n2c(=O)c3ccccc3n3c(SC(C)C(=O)N(C)c4ccccc4)nnc23)cc1. The molecule has 0 radical (unpaired) electrons. The third kappa shape index (κ3) is 4.04. The number of thioether (sulfide) groups is 1. The highest BCUT2D eigenvalue weighted by Crippen LogP contribution is 2.28. The third-order valence-electron chi connectivity index (χ3n) is 5.83. The third-order valence-corrected chi connectivity index (χ3v) is 6.86. The number of carbonyl (C=O) groups excluding carboxylic acids is 1. The molecule has 5 aromatic rings. The number of hydrogen-bond donors (Lipinski definition) is 0. The van der Waals surface area contributed by atoms with Crippen LogP contribution in [0.25, 0.3) is 22.4 Å². The summed E-state index contributed by atoms with van der Waals surface area (Å²) in [7, 11) is 3.35. The zero-order chi connectivity index (χ0) is 24.5. The van der Waals surface area contributed by atoms with Gasteiger partial charge in [-0.2, -0.15) is 0 Å². The molecule has 0 fully saturated rings. The molecular weight excluding hydrogens is 462 g/mol. The van der Waals surface area contributed by atoms with Crippen molar-refractivity contribution in [3.63, 3.8) is 0 Å². The predicted octanol–water partition coefficient (Wildman–Crippen LogP) is 4.19. The summed E-state index contributed by atoms with van der Waals surface area (Å²) in [4.78, 5) is 28.3. The van der Waals surface area contributed by atoms with E-state index in [-0.39, 0.29) is 11.5 Å². The highest BCUT2D eigenvalue weighted by Gasteiger charge is 2.24. The Bertz CT molecular complexity index is 1580. The maximum Gasteiger partial charge on any atom is 0.267 e. The maximum atomic E-state index is 13.5. The molecule has 0 bridgehead atoms. The van der Waals surface area contributed by atoms with E-state index < -0.39 is 5.25 Å². The first kappa shape index (κ1) is 22.7. The molecule has 8 nitrogen and oxygen atoms in total. The Morgan fingerprint density at radius 2 is 1.66 bits per heavy atom. The van der Waals surface area contributed by atoms with Gasteiger partial charge in [0, 0.05) is 12.7 Å². The second-order valence-corrected chi connectivity index (χ2v) is 9.27. The van der Waals surface area contributed by atoms with Gasteiger partial charge in [-0.25, -0.2) is 4.57 Å². The lowest BCUT2D eigenvalue weighted by molar-refractivity contribution is -0.117. The summed E-state index contributed by atoms with van der Waals surface area (Å²) in [6, 6.07) is 24.0. The Labute approximate surface area is 205 Å². The minimum Gasteiger partial charge on any atom is -0.497 e. The van der Waals surface area contributed by atoms with Gasteiger partial charge in [-0.05, 0) is 55.5 Å². The molecule has 0 aliphatic rings. The Morgan fingerprint density at radius 3 is 2.37 bits per heavy atom. The fourth-order valence-electron chi connectivity index (χ4n) is 3.98. The molecule has 176 valence electrons. The normalized spacial score (nSPS) is 12.1. The van der Waals surface area contributed by atoms with Crippen molar-refractivity contribution >= 4 is 40.0 Å². The van der Waals surface area contributed by atoms with Crippen LogP contribution in [0.3, 0.4) is 0 Å². The number of amides is 1. The van der Waals surface area contributed by atoms with Gasteiger partial charge in [0.25, 0.3) is 5.56 Å². The lowest BCUT2D eigenvalue weighted by atomic mass is 10.2. The number of nitrogens with zero attached hydrogens (tertiary/aromatic N) is 5. The summed E-state index contributed by atoms with van der Waals surface area (Å²) in [6.45, 7) is 1.84. The average molecular weight is 486 g/mol. The molecule has 3 aromatic carbocycles. The Morgan fingerprint density at radius 1 is 0.971 bits per heavy atom. The van der Waals surface area contributed by atoms with Gasteiger partial charge in [-0.3, -0.25) is 14.0 Å². The molecule has 0 saturated carbocycles. The first-order valence-electron chi connectivity index (χ1n) is 11.0. The van der Waals surface area contributed by atoms with Crippen molar-refractivity contribution in [1.29, 1.82) is 0 Å². The summed E-state index contributed by atoms with van der Waals surface area (Å²) in [5.41, 5.74) is 1.94. The molecule has 1 unspecified atom stereocenters. The highest BCUT2D eigenvalue weighted by atomic mass is 32.2. The molecule has 0 aliphatic heterocycles. The fourth-order valence-corrected chi connectivity index (χ4v) is 4.93. The van der Waals surface area contributed by atoms with E-state index in [1.807, 2.05) is 59.9 Å². The van der Waals surface area contributed by atoms with E-state index in [4.69, 9.17) is 4.74 Å². The molecule has 1 atom stereocenters. The van der Waals surface area contributed by atoms with E-state index in [0.717, 1.165) is 5.69 Å². The van der Waals surface area contributed by atoms with Crippen molar-refractivity contribution in [2.75, 3.05) is 19.1 Å². The van der Waals surface area contributed by atoms with Crippen LogP contribution >= 0.6 is 11.8 Å². The predicted molar refractivity (Wildman–Crippen MR) is 138 cm³/mol. The van der Waals surface area contributed by atoms with Crippen LogP contribution in [0.15, 0.2) is 88.8 Å². The Kier molecular flexibility index (Phi) is 6.00. The van der Waals surface area contributed by atoms with E-state index in [1.165, 1.54) is 16.3 Å². The molecule has 9 heteroatoms. The van der Waals surface area contributed by atoms with Gasteiger partial charge >= 0.3 is 0 Å². The average Bonchev–Trinajstić information content (AvgIpc) is 3.32. The van der Waals surface area contributed by atoms with Crippen molar-refractivity contribution in [1.82, 2.24) is 19.2 Å². The number of carbonyl (C=O) groups is 1. The van der Waals surface area contributed by atoms with Gasteiger partial charge in [0.05, 0.1) is 29.0 Å². The summed E-state index contributed by atoms with van der Waals surface area (Å²) in [5.74, 6) is 0.995. The number of ether oxygens (including phenoxy) is 1. The largest absolute Gasteiger partial charge is 0.497 e. The van der Waals surface area contributed by atoms with Gasteiger partial charge in [-0.15, -0.1) is 10.2 Å². The van der Waals surface area contributed by atoms with Gasteiger partial charge < -0.3 is 9.64 Å². The molecular formula is C26H23N5O3S. The van der Waals surface area contributed by atoms with Crippen LogP contribution in [-0.2, 0) is 4.79 Å². The van der Waals surface area contributed by atoms with Gasteiger partial charge in [0.15, 0.2) is 5.16 Å². The first-order valence-corrected chi connectivity index (χ1v) is 11.9. The van der Waals surface area contributed by atoms with Crippen molar-refractivity contribution in [2.45, 2.75) is 17.3 Å². The molecule has 5 rings (SSSR count). The second-order valence-electron chi connectivity index (χ2n) is 7.97. The molecule has 0 spiro atoms. The molecule has 2 heterocycles. The molecule has 1 amide bonds. The quantitative estimate of drug-likeness (QED) is 0.336. The lowest BCUT2D eigenvalue weighted by Crippen LogP contribution is -2.33. The van der Waals surface area contributed by atoms with Crippen molar-refractivity contribution in [3.05, 3.63) is 89.2 Å². The van der Waals surface area contributed by atoms with Crippen molar-refractivity contribution < 1.29 is 9.53 Å². The maximum absolute atomic E-state index is 13.5. The van der Waals surface area contributed by atoms with Crippen LogP contribution in [0.5, 0.6) is 5.75 Å². The Hall–Kier alpha value is -4.11. The Balaban J connectivity index is 1.60. The second kappa shape index (κ2) is 9.27. The van der Waals surface area contributed by atoms with Crippen LogP contribution in [0, 0.1) is 0 Å². The number of fused-ring (bicyclic) bond motifs is 3. The van der Waals surface area contributed by atoms with E-state index in [0.29, 0.717) is 33.3 Å². The summed E-state index contributed by atoms with van der Waals surface area (Å²) < 4.78 is 8.62. The fraction of sp³-hybridized carbons (Fsp3) is 0.154. The van der Waals surface area contributed by atoms with Gasteiger partial charge in [-0.1, -0.05) is 42.1 Å². The van der Waals surface area contributed by atoms with Crippen molar-refractivity contribution in [3.8, 4) is 11.4 Å². The van der Waals surface area contributed by atoms with Crippen LogP contribution in [-0.4, -0.2) is 44.5 Å². The monoisotopic (exact) mass is 485 g/mol. The number of rotatable bonds is 6. The number of anilines is 1. The highest BCUT2D eigenvalue weighted by molar-refractivity contribution is 8.00. The lowest BCUT2D eigenvalue weighted by Gasteiger charge is -2.21. The summed E-state index contributed by atoms with van der Waals surface area (Å²) in [6.07, 6.45) is 0. The molecule has 35 heavy (non-hydrogen) atoms. The topological polar surface area (TPSA) is 81.7 Å². The number of methoxy groups -OCH3 is 1. The smallest absolute Gasteiger partial charge is 0.267 e. The van der Waals surface area contributed by atoms with Crippen LogP contribution < -0.4 is 15.2 Å². The first-order chi connectivity index (χ1) is 17.0. The minimum absolute atomic E-state index is 0.0641. The number of hydrogen-bond acceptors (Lipinski definition) is 6. The number of benzene rings is 3. The standard InChI is InChI=1S/C26H23N5O3S/c1-17(23(32)29(2)18-9-5-4-6-10-18)35-26-28-27-25-30(19-13-15-20(34-3)16-14-19)24(33)21-11-7-8-12-22(21)31(25)26/h4-17H,1-3H3. The zero-order valence-corrected chi connectivity index (χ0v) is 20.3. The summed E-state index contributed by atoms with van der Waals surface area (Å²) in [5, 5.41) is 9.36. The number of aromatic nitrogens is 4. The van der Waals surface area contributed by atoms with E-state index in [9.17, 15) is 9.59 Å². The van der Waals surface area contributed by atoms with Crippen LogP contribution in [0.2, 0.25) is 0 Å². The zero-order valence-electron chi connectivity index (χ0n) is 19.5. The minimum atomic E-state index is -0.437. The van der Waals surface area contributed by atoms with Crippen molar-refractivity contribution in [2.24, 2.45) is 0 Å². The summed E-state index contributed by atoms with van der Waals surface area (Å²) >= 11 is 1.30. The molecule has 0 N–H and O–H groups in total. The molecule has 0 saturated heterocycles. The van der Waals surface area contributed by atoms with Gasteiger partial charge in [0.1, 0.15) is 5.75 Å². The van der Waals surface area contributed by atoms with Crippen LogP contribution in [0.4, 0.5) is 5.69 Å². The van der Waals surface area contributed by atoms with E-state index in [1.54, 1.807) is 49.4 Å². The number of para-hydroxylation sites is 2. The van der Waals surface area contributed by atoms with Crippen LogP contribution in [0.1, 0.15) is 6.92 Å².